The van der Waals surface area contributed by atoms with Crippen molar-refractivity contribution in [2.45, 2.75) is 18.6 Å². The predicted molar refractivity (Wildman–Crippen MR) is 148 cm³/mol. The number of hydrogen-bond donors (Lipinski definition) is 0. The second-order valence-corrected chi connectivity index (χ2v) is 10.1. The normalized spacial score (nSPS) is 16.6. The van der Waals surface area contributed by atoms with Gasteiger partial charge in [-0.25, -0.2) is 22.0 Å². The van der Waals surface area contributed by atoms with Crippen molar-refractivity contribution in [2.75, 3.05) is 13.2 Å². The summed E-state index contributed by atoms with van der Waals surface area (Å²) >= 11 is 0. The number of halogens is 10. The Balaban J connectivity index is 1.35. The van der Waals surface area contributed by atoms with E-state index in [1.54, 1.807) is 6.08 Å². The molecule has 47 heavy (non-hydrogen) atoms. The van der Waals surface area contributed by atoms with Crippen molar-refractivity contribution >= 4 is 10.8 Å². The lowest BCUT2D eigenvalue weighted by Crippen LogP contribution is -2.25. The zero-order valence-corrected chi connectivity index (χ0v) is 23.6. The number of ether oxygens (including phenoxy) is 3. The van der Waals surface area contributed by atoms with Gasteiger partial charge in [0.05, 0.1) is 24.3 Å². The van der Waals surface area contributed by atoms with E-state index in [9.17, 15) is 43.9 Å². The first-order valence-electron chi connectivity index (χ1n) is 13.4. The van der Waals surface area contributed by atoms with Gasteiger partial charge in [-0.2, -0.15) is 22.0 Å². The molecule has 242 valence electrons. The van der Waals surface area contributed by atoms with Gasteiger partial charge in [-0.15, -0.1) is 6.58 Å². The van der Waals surface area contributed by atoms with Crippen LogP contribution in [0.4, 0.5) is 43.9 Å². The molecule has 1 fully saturated rings. The summed E-state index contributed by atoms with van der Waals surface area (Å²) in [5.74, 6) is -1.40. The van der Waals surface area contributed by atoms with Gasteiger partial charge >= 0.3 is 12.3 Å². The highest BCUT2D eigenvalue weighted by atomic mass is 19.4. The van der Waals surface area contributed by atoms with Crippen molar-refractivity contribution < 1.29 is 58.1 Å². The summed E-state index contributed by atoms with van der Waals surface area (Å²) in [6, 6.07) is 7.57. The summed E-state index contributed by atoms with van der Waals surface area (Å²) in [6.45, 7) is 4.30. The molecule has 0 atom stereocenters. The molecule has 4 aromatic carbocycles. The minimum Gasteiger partial charge on any atom is -0.429 e. The molecule has 1 aliphatic heterocycles. The van der Waals surface area contributed by atoms with E-state index in [2.05, 4.69) is 23.2 Å². The highest BCUT2D eigenvalue weighted by Gasteiger charge is 2.41. The molecule has 5 rings (SSSR count). The lowest BCUT2D eigenvalue weighted by Gasteiger charge is -2.28. The number of hydrogen-bond acceptors (Lipinski definition) is 3. The maximum atomic E-state index is 15.0. The Morgan fingerprint density at radius 1 is 0.766 bits per heavy atom. The molecule has 0 radical (unpaired) electrons. The van der Waals surface area contributed by atoms with Gasteiger partial charge in [-0.05, 0) is 53.9 Å². The molecule has 0 unspecified atom stereocenters. The van der Waals surface area contributed by atoms with E-state index in [1.807, 2.05) is 0 Å². The zero-order chi connectivity index (χ0) is 34.1. The van der Waals surface area contributed by atoms with Crippen molar-refractivity contribution in [3.8, 4) is 29.4 Å². The van der Waals surface area contributed by atoms with Gasteiger partial charge in [0.15, 0.2) is 6.29 Å². The monoisotopic (exact) mass is 664 g/mol. The van der Waals surface area contributed by atoms with Gasteiger partial charge in [0.2, 0.25) is 0 Å². The molecule has 0 spiro atoms. The molecule has 0 aromatic heterocycles. The van der Waals surface area contributed by atoms with Gasteiger partial charge in [-0.3, -0.25) is 0 Å². The van der Waals surface area contributed by atoms with Crippen LogP contribution in [-0.4, -0.2) is 19.4 Å². The van der Waals surface area contributed by atoms with E-state index in [4.69, 9.17) is 9.47 Å². The molecule has 0 bridgehead atoms. The molecule has 0 amide bonds. The Morgan fingerprint density at radius 2 is 1.45 bits per heavy atom. The van der Waals surface area contributed by atoms with E-state index in [0.717, 1.165) is 24.1 Å². The van der Waals surface area contributed by atoms with Crippen LogP contribution in [0.2, 0.25) is 0 Å². The molecule has 13 heteroatoms. The van der Waals surface area contributed by atoms with Crippen molar-refractivity contribution in [1.29, 1.82) is 0 Å². The van der Waals surface area contributed by atoms with E-state index >= 15 is 0 Å². The van der Waals surface area contributed by atoms with Gasteiger partial charge in [0.25, 0.3) is 0 Å². The van der Waals surface area contributed by atoms with Crippen LogP contribution in [0, 0.1) is 58.7 Å². The Kier molecular flexibility index (Phi) is 9.25. The highest BCUT2D eigenvalue weighted by Crippen LogP contribution is 2.37. The van der Waals surface area contributed by atoms with Crippen molar-refractivity contribution in [3.05, 3.63) is 124 Å². The summed E-state index contributed by atoms with van der Waals surface area (Å²) in [4.78, 5) is 0. The Morgan fingerprint density at radius 3 is 2.06 bits per heavy atom. The molecule has 1 heterocycles. The highest BCUT2D eigenvalue weighted by molar-refractivity contribution is 5.86. The maximum absolute atomic E-state index is 15.0. The lowest BCUT2D eigenvalue weighted by molar-refractivity contribution is -0.197. The molecular formula is C34H18F10O3. The quantitative estimate of drug-likeness (QED) is 0.121. The van der Waals surface area contributed by atoms with Crippen molar-refractivity contribution in [1.82, 2.24) is 0 Å². The van der Waals surface area contributed by atoms with E-state index in [0.29, 0.717) is 43.0 Å². The van der Waals surface area contributed by atoms with Crippen molar-refractivity contribution in [2.24, 2.45) is 5.92 Å². The third-order valence-corrected chi connectivity index (χ3v) is 6.77. The number of benzene rings is 4. The fourth-order valence-electron chi connectivity index (χ4n) is 4.51. The van der Waals surface area contributed by atoms with Crippen LogP contribution in [0.25, 0.3) is 10.8 Å². The second-order valence-electron chi connectivity index (χ2n) is 10.1. The van der Waals surface area contributed by atoms with E-state index in [1.165, 1.54) is 18.1 Å². The van der Waals surface area contributed by atoms with E-state index in [-0.39, 0.29) is 11.5 Å². The number of fused-ring (bicyclic) bond motifs is 1. The maximum Gasteiger partial charge on any atom is 0.458 e. The molecule has 4 aromatic rings. The first-order valence-corrected chi connectivity index (χ1v) is 13.4. The summed E-state index contributed by atoms with van der Waals surface area (Å²) in [5, 5.41) is -0.907. The SMILES string of the molecule is C=CC1COC(c2ccc(C#Cc3cc(F)c(C(F)(F)Oc4ccc5c(F)c(C#CC(F)(F)F)c(F)cc5c4)c(F)c3)c(F)c2)OC1. The predicted octanol–water partition coefficient (Wildman–Crippen LogP) is 8.82. The molecule has 0 aliphatic carbocycles. The largest absolute Gasteiger partial charge is 0.458 e. The molecular weight excluding hydrogens is 646 g/mol. The van der Waals surface area contributed by atoms with Crippen LogP contribution in [0.5, 0.6) is 5.75 Å². The summed E-state index contributed by atoms with van der Waals surface area (Å²) in [5.41, 5.74) is -3.25. The molecule has 1 saturated heterocycles. The average Bonchev–Trinajstić information content (AvgIpc) is 2.99. The summed E-state index contributed by atoms with van der Waals surface area (Å²) in [6.07, 6.45) is -8.85. The van der Waals surface area contributed by atoms with Crippen molar-refractivity contribution in [3.63, 3.8) is 0 Å². The smallest absolute Gasteiger partial charge is 0.429 e. The molecule has 1 aliphatic rings. The standard InChI is InChI=1S/C34H18F10O3/c1-2-18-16-45-32(46-17-18)21-6-5-20(26(35)14-21)4-3-19-11-28(37)30(29(38)12-19)34(43,44)47-23-7-8-24-22(13-23)15-27(36)25(31(24)39)9-10-33(40,41)42/h2,5-8,11-15,18,32H,1,16-17H2. The topological polar surface area (TPSA) is 27.7 Å². The second kappa shape index (κ2) is 13.0. The fourth-order valence-corrected chi connectivity index (χ4v) is 4.51. The molecule has 0 saturated carbocycles. The summed E-state index contributed by atoms with van der Waals surface area (Å²) < 4.78 is 156. The Bertz CT molecular complexity index is 1970. The van der Waals surface area contributed by atoms with Crippen LogP contribution < -0.4 is 4.74 Å². The minimum atomic E-state index is -5.03. The van der Waals surface area contributed by atoms with Crippen LogP contribution in [0.15, 0.2) is 67.3 Å². The lowest BCUT2D eigenvalue weighted by atomic mass is 10.0. The first kappa shape index (κ1) is 33.4. The fraction of sp³-hybridized carbons (Fsp3) is 0.176. The zero-order valence-electron chi connectivity index (χ0n) is 23.6. The van der Waals surface area contributed by atoms with Gasteiger partial charge in [0.1, 0.15) is 40.4 Å². The third kappa shape index (κ3) is 7.54. The number of rotatable bonds is 5. The Hall–Kier alpha value is -4.98. The average molecular weight is 664 g/mol. The van der Waals surface area contributed by atoms with E-state index < -0.39 is 80.9 Å². The molecule has 0 N–H and O–H groups in total. The van der Waals surface area contributed by atoms with Crippen LogP contribution in [0.1, 0.15) is 34.1 Å². The summed E-state index contributed by atoms with van der Waals surface area (Å²) in [7, 11) is 0. The Labute approximate surface area is 260 Å². The molecule has 3 nitrogen and oxygen atoms in total. The van der Waals surface area contributed by atoms with Gasteiger partial charge in [0, 0.05) is 28.4 Å². The first-order chi connectivity index (χ1) is 22.1. The van der Waals surface area contributed by atoms with Gasteiger partial charge < -0.3 is 14.2 Å². The minimum absolute atomic E-state index is 0.00939. The van der Waals surface area contributed by atoms with Crippen LogP contribution in [-0.2, 0) is 15.6 Å². The third-order valence-electron chi connectivity index (χ3n) is 6.77. The van der Waals surface area contributed by atoms with Crippen LogP contribution >= 0.6 is 0 Å². The van der Waals surface area contributed by atoms with Gasteiger partial charge in [-0.1, -0.05) is 29.9 Å². The number of alkyl halides is 5. The van der Waals surface area contributed by atoms with Crippen LogP contribution in [0.3, 0.4) is 0 Å².